The van der Waals surface area contributed by atoms with Gasteiger partial charge in [-0.2, -0.15) is 0 Å². The third-order valence-electron chi connectivity index (χ3n) is 1.16. The molecule has 74 valence electrons. The van der Waals surface area contributed by atoms with E-state index in [0.717, 1.165) is 5.57 Å². The van der Waals surface area contributed by atoms with E-state index in [2.05, 4.69) is 6.58 Å². The maximum absolute atomic E-state index is 12.1. The van der Waals surface area contributed by atoms with Crippen LogP contribution < -0.4 is 0 Å². The van der Waals surface area contributed by atoms with E-state index in [1.54, 1.807) is 6.92 Å². The Morgan fingerprint density at radius 3 is 1.17 bits per heavy atom. The second kappa shape index (κ2) is 13.0. The zero-order valence-electron chi connectivity index (χ0n) is 9.59. The van der Waals surface area contributed by atoms with Crippen molar-refractivity contribution in [2.24, 2.45) is 0 Å². The molecule has 0 aromatic heterocycles. The van der Waals surface area contributed by atoms with Crippen LogP contribution >= 0.6 is 0 Å². The van der Waals surface area contributed by atoms with Gasteiger partial charge in [-0.15, -0.1) is 0 Å². The number of halogens is 1. The second-order valence-corrected chi connectivity index (χ2v) is 2.03. The van der Waals surface area contributed by atoms with Crippen molar-refractivity contribution in [1.82, 2.24) is 0 Å². The van der Waals surface area contributed by atoms with Gasteiger partial charge in [0, 0.05) is 0 Å². The molecule has 0 bridgehead atoms. The van der Waals surface area contributed by atoms with Crippen molar-refractivity contribution in [1.29, 1.82) is 0 Å². The highest BCUT2D eigenvalue weighted by Crippen LogP contribution is 2.11. The lowest BCUT2D eigenvalue weighted by Gasteiger charge is -1.95. The van der Waals surface area contributed by atoms with Gasteiger partial charge in [-0.25, -0.2) is 4.39 Å². The molecule has 0 unspecified atom stereocenters. The predicted molar refractivity (Wildman–Crippen MR) is 57.0 cm³/mol. The summed E-state index contributed by atoms with van der Waals surface area (Å²) in [6, 6.07) is 0. The first kappa shape index (κ1) is 17.5. The Morgan fingerprint density at radius 2 is 1.17 bits per heavy atom. The molecule has 0 heterocycles. The van der Waals surface area contributed by atoms with Gasteiger partial charge in [0.15, 0.2) is 0 Å². The quantitative estimate of drug-likeness (QED) is 0.497. The minimum Gasteiger partial charge on any atom is -0.207 e. The lowest BCUT2D eigenvalue weighted by atomic mass is 10.2. The van der Waals surface area contributed by atoms with Crippen LogP contribution in [0.5, 0.6) is 0 Å². The molecule has 12 heavy (non-hydrogen) atoms. The van der Waals surface area contributed by atoms with Gasteiger partial charge in [-0.3, -0.25) is 0 Å². The molecular weight excluding hydrogens is 151 g/mol. The summed E-state index contributed by atoms with van der Waals surface area (Å²) >= 11 is 0. The highest BCUT2D eigenvalue weighted by Gasteiger charge is 1.93. The van der Waals surface area contributed by atoms with E-state index in [-0.39, 0.29) is 5.83 Å². The fraction of sp³-hybridized carbons (Fsp3) is 0.636. The van der Waals surface area contributed by atoms with Crippen molar-refractivity contribution in [2.45, 2.75) is 48.5 Å². The van der Waals surface area contributed by atoms with E-state index in [1.807, 2.05) is 41.5 Å². The van der Waals surface area contributed by atoms with Crippen LogP contribution in [0.15, 0.2) is 23.6 Å². The van der Waals surface area contributed by atoms with Crippen molar-refractivity contribution in [2.75, 3.05) is 0 Å². The lowest BCUT2D eigenvalue weighted by Crippen LogP contribution is -1.77. The molecule has 0 rings (SSSR count). The largest absolute Gasteiger partial charge is 0.207 e. The molecular formula is C11H23F. The fourth-order valence-corrected chi connectivity index (χ4v) is 0.271. The highest BCUT2D eigenvalue weighted by molar-refractivity contribution is 5.23. The molecule has 0 fully saturated rings. The van der Waals surface area contributed by atoms with Crippen LogP contribution in [-0.4, -0.2) is 0 Å². The van der Waals surface area contributed by atoms with E-state index in [0.29, 0.717) is 5.57 Å². The van der Waals surface area contributed by atoms with Crippen LogP contribution in [0.2, 0.25) is 0 Å². The summed E-state index contributed by atoms with van der Waals surface area (Å²) in [4.78, 5) is 0. The molecule has 0 saturated carbocycles. The van der Waals surface area contributed by atoms with E-state index in [1.165, 1.54) is 0 Å². The van der Waals surface area contributed by atoms with Gasteiger partial charge in [0.1, 0.15) is 5.83 Å². The predicted octanol–water partition coefficient (Wildman–Crippen LogP) is 4.88. The van der Waals surface area contributed by atoms with E-state index in [4.69, 9.17) is 0 Å². The molecule has 0 spiro atoms. The SMILES string of the molecule is C=C(F)C(C)=C(C)C.CC.CC. The van der Waals surface area contributed by atoms with Crippen molar-refractivity contribution >= 4 is 0 Å². The summed E-state index contributed by atoms with van der Waals surface area (Å²) in [5.74, 6) is -0.329. The first-order valence-electron chi connectivity index (χ1n) is 4.54. The van der Waals surface area contributed by atoms with Crippen molar-refractivity contribution < 1.29 is 4.39 Å². The average Bonchev–Trinajstić information content (AvgIpc) is 2.10. The summed E-state index contributed by atoms with van der Waals surface area (Å²) in [5.41, 5.74) is 1.64. The third kappa shape index (κ3) is 12.1. The lowest BCUT2D eigenvalue weighted by molar-refractivity contribution is 0.653. The van der Waals surface area contributed by atoms with Crippen LogP contribution in [0.25, 0.3) is 0 Å². The minimum atomic E-state index is -0.329. The monoisotopic (exact) mass is 174 g/mol. The van der Waals surface area contributed by atoms with Crippen LogP contribution in [0.1, 0.15) is 48.5 Å². The summed E-state index contributed by atoms with van der Waals surface area (Å²) in [7, 11) is 0. The van der Waals surface area contributed by atoms with Crippen LogP contribution in [0, 0.1) is 0 Å². The zero-order chi connectivity index (χ0) is 10.7. The van der Waals surface area contributed by atoms with Gasteiger partial charge >= 0.3 is 0 Å². The van der Waals surface area contributed by atoms with E-state index < -0.39 is 0 Å². The first-order valence-corrected chi connectivity index (χ1v) is 4.54. The Morgan fingerprint density at radius 1 is 0.917 bits per heavy atom. The number of hydrogen-bond acceptors (Lipinski definition) is 0. The van der Waals surface area contributed by atoms with Gasteiger partial charge < -0.3 is 0 Å². The van der Waals surface area contributed by atoms with Gasteiger partial charge in [0.05, 0.1) is 0 Å². The molecule has 0 aliphatic rings. The molecule has 0 saturated heterocycles. The molecule has 0 amide bonds. The van der Waals surface area contributed by atoms with Crippen molar-refractivity contribution in [3.8, 4) is 0 Å². The normalized spacial score (nSPS) is 6.67. The van der Waals surface area contributed by atoms with E-state index >= 15 is 0 Å². The topological polar surface area (TPSA) is 0 Å². The van der Waals surface area contributed by atoms with Crippen molar-refractivity contribution in [3.63, 3.8) is 0 Å². The molecule has 0 aromatic rings. The number of hydrogen-bond donors (Lipinski definition) is 0. The summed E-state index contributed by atoms with van der Waals surface area (Å²) in [6.45, 7) is 16.6. The maximum Gasteiger partial charge on any atom is 0.118 e. The smallest absolute Gasteiger partial charge is 0.118 e. The minimum absolute atomic E-state index is 0.329. The molecule has 0 aromatic carbocycles. The first-order chi connectivity index (χ1) is 5.55. The molecule has 1 heteroatoms. The van der Waals surface area contributed by atoms with Crippen LogP contribution in [0.4, 0.5) is 4.39 Å². The van der Waals surface area contributed by atoms with Crippen molar-refractivity contribution in [3.05, 3.63) is 23.6 Å². The summed E-state index contributed by atoms with van der Waals surface area (Å²) in [5, 5.41) is 0. The molecule has 0 nitrogen and oxygen atoms in total. The standard InChI is InChI=1S/C7H11F.2C2H6/c1-5(2)6(3)7(4)8;2*1-2/h4H2,1-3H3;2*1-2H3. The Kier molecular flexibility index (Phi) is 19.0. The number of rotatable bonds is 1. The molecule has 0 aliphatic carbocycles. The number of allylic oxidation sites excluding steroid dienone is 3. The Labute approximate surface area is 77.2 Å². The Bertz CT molecular complexity index is 128. The maximum atomic E-state index is 12.1. The van der Waals surface area contributed by atoms with Gasteiger partial charge in [0.2, 0.25) is 0 Å². The van der Waals surface area contributed by atoms with Gasteiger partial charge in [0.25, 0.3) is 0 Å². The molecule has 0 N–H and O–H groups in total. The van der Waals surface area contributed by atoms with Gasteiger partial charge in [-0.1, -0.05) is 39.8 Å². The average molecular weight is 174 g/mol. The Hall–Kier alpha value is -0.590. The summed E-state index contributed by atoms with van der Waals surface area (Å²) < 4.78 is 12.1. The third-order valence-corrected chi connectivity index (χ3v) is 1.16. The molecule has 0 radical (unpaired) electrons. The van der Waals surface area contributed by atoms with E-state index in [9.17, 15) is 4.39 Å². The molecule has 0 atom stereocenters. The van der Waals surface area contributed by atoms with Gasteiger partial charge in [-0.05, 0) is 26.3 Å². The fourth-order valence-electron chi connectivity index (χ4n) is 0.271. The summed E-state index contributed by atoms with van der Waals surface area (Å²) in [6.07, 6.45) is 0. The Balaban J connectivity index is -0.000000175. The zero-order valence-corrected chi connectivity index (χ0v) is 9.59. The van der Waals surface area contributed by atoms with Crippen LogP contribution in [0.3, 0.4) is 0 Å². The van der Waals surface area contributed by atoms with Crippen LogP contribution in [-0.2, 0) is 0 Å². The molecule has 0 aliphatic heterocycles. The highest BCUT2D eigenvalue weighted by atomic mass is 19.1. The second-order valence-electron chi connectivity index (χ2n) is 2.03.